The van der Waals surface area contributed by atoms with Gasteiger partial charge in [-0.2, -0.15) is 5.10 Å². The molecule has 1 amide bonds. The van der Waals surface area contributed by atoms with Gasteiger partial charge in [0.25, 0.3) is 0 Å². The van der Waals surface area contributed by atoms with Crippen LogP contribution < -0.4 is 5.32 Å². The minimum atomic E-state index is -0.462. The van der Waals surface area contributed by atoms with Gasteiger partial charge < -0.3 is 5.32 Å². The molecule has 2 N–H and O–H groups in total. The summed E-state index contributed by atoms with van der Waals surface area (Å²) in [6.45, 7) is 1.66. The van der Waals surface area contributed by atoms with E-state index in [1.54, 1.807) is 13.1 Å². The molecule has 0 radical (unpaired) electrons. The Bertz CT molecular complexity index is 1100. The van der Waals surface area contributed by atoms with E-state index in [1.165, 1.54) is 11.3 Å². The zero-order valence-corrected chi connectivity index (χ0v) is 13.9. The third kappa shape index (κ3) is 2.16. The van der Waals surface area contributed by atoms with Crippen molar-refractivity contribution in [1.82, 2.24) is 15.2 Å². The monoisotopic (exact) mass is 360 g/mol. The molecule has 0 spiro atoms. The predicted molar refractivity (Wildman–Crippen MR) is 94.1 cm³/mol. The SMILES string of the molecule is Cc1c(F)c(Cl)c(-c2ccc3nc(NC=O)sc3c2)c2cn[nH]c12. The third-order valence-electron chi connectivity index (χ3n) is 3.88. The van der Waals surface area contributed by atoms with E-state index in [-0.39, 0.29) is 5.02 Å². The maximum atomic E-state index is 14.5. The number of amides is 1. The number of aromatic amines is 1. The highest BCUT2D eigenvalue weighted by molar-refractivity contribution is 7.22. The van der Waals surface area contributed by atoms with Crippen LogP contribution in [-0.4, -0.2) is 21.6 Å². The lowest BCUT2D eigenvalue weighted by Gasteiger charge is -2.10. The Kier molecular flexibility index (Phi) is 3.47. The van der Waals surface area contributed by atoms with Gasteiger partial charge in [0.2, 0.25) is 6.41 Å². The lowest BCUT2D eigenvalue weighted by Crippen LogP contribution is -1.91. The van der Waals surface area contributed by atoms with Crippen LogP contribution in [0.1, 0.15) is 5.56 Å². The highest BCUT2D eigenvalue weighted by Crippen LogP contribution is 2.40. The largest absolute Gasteiger partial charge is 0.305 e. The Labute approximate surface area is 144 Å². The molecule has 0 aliphatic rings. The Hall–Kier alpha value is -2.51. The summed E-state index contributed by atoms with van der Waals surface area (Å²) in [6, 6.07) is 5.53. The number of fused-ring (bicyclic) bond motifs is 2. The van der Waals surface area contributed by atoms with E-state index in [1.807, 2.05) is 18.2 Å². The number of H-pyrrole nitrogens is 1. The van der Waals surface area contributed by atoms with Crippen LogP contribution >= 0.6 is 22.9 Å². The first kappa shape index (κ1) is 15.0. The molecular formula is C16H10ClFN4OS. The summed E-state index contributed by atoms with van der Waals surface area (Å²) in [4.78, 5) is 14.9. The van der Waals surface area contributed by atoms with Crippen molar-refractivity contribution in [1.29, 1.82) is 0 Å². The summed E-state index contributed by atoms with van der Waals surface area (Å²) in [5, 5.41) is 10.7. The molecule has 0 saturated carbocycles. The maximum absolute atomic E-state index is 14.5. The van der Waals surface area contributed by atoms with E-state index in [0.717, 1.165) is 21.2 Å². The molecule has 24 heavy (non-hydrogen) atoms. The number of aryl methyl sites for hydroxylation is 1. The molecule has 2 aromatic carbocycles. The van der Waals surface area contributed by atoms with Crippen LogP contribution in [0.3, 0.4) is 0 Å². The fourth-order valence-electron chi connectivity index (χ4n) is 2.74. The second-order valence-corrected chi connectivity index (χ2v) is 6.66. The number of benzene rings is 2. The van der Waals surface area contributed by atoms with Crippen molar-refractivity contribution in [2.45, 2.75) is 6.92 Å². The molecule has 0 unspecified atom stereocenters. The van der Waals surface area contributed by atoms with Crippen molar-refractivity contribution >= 4 is 55.6 Å². The molecular weight excluding hydrogens is 351 g/mol. The van der Waals surface area contributed by atoms with Crippen LogP contribution in [0.2, 0.25) is 5.02 Å². The van der Waals surface area contributed by atoms with Crippen LogP contribution in [0.5, 0.6) is 0 Å². The van der Waals surface area contributed by atoms with Crippen LogP contribution in [0.15, 0.2) is 24.4 Å². The second kappa shape index (κ2) is 5.54. The zero-order chi connectivity index (χ0) is 16.8. The summed E-state index contributed by atoms with van der Waals surface area (Å²) < 4.78 is 15.3. The van der Waals surface area contributed by atoms with Gasteiger partial charge >= 0.3 is 0 Å². The molecule has 4 rings (SSSR count). The van der Waals surface area contributed by atoms with Gasteiger partial charge in [-0.1, -0.05) is 29.0 Å². The standard InChI is InChI=1S/C16H10ClFN4OS/c1-7-14(18)13(17)12(9-5-20-22-15(7)9)8-2-3-10-11(4-8)24-16(21-10)19-6-23/h2-6H,1H3,(H,20,22)(H,19,21,23). The predicted octanol–water partition coefficient (Wildman–Crippen LogP) is 4.51. The molecule has 8 heteroatoms. The number of aromatic nitrogens is 3. The van der Waals surface area contributed by atoms with Crippen LogP contribution in [0.4, 0.5) is 9.52 Å². The Balaban J connectivity index is 1.99. The van der Waals surface area contributed by atoms with Crippen molar-refractivity contribution in [3.8, 4) is 11.1 Å². The average Bonchev–Trinajstić information content (AvgIpc) is 3.19. The zero-order valence-electron chi connectivity index (χ0n) is 12.4. The molecule has 2 heterocycles. The number of nitrogens with zero attached hydrogens (tertiary/aromatic N) is 2. The van der Waals surface area contributed by atoms with Crippen molar-refractivity contribution < 1.29 is 9.18 Å². The number of rotatable bonds is 3. The summed E-state index contributed by atoms with van der Waals surface area (Å²) in [7, 11) is 0. The normalized spacial score (nSPS) is 11.3. The molecule has 0 aliphatic heterocycles. The molecule has 0 atom stereocenters. The minimum absolute atomic E-state index is 0.0662. The number of carbonyl (C=O) groups is 1. The van der Waals surface area contributed by atoms with Crippen molar-refractivity contribution in [2.24, 2.45) is 0 Å². The second-order valence-electron chi connectivity index (χ2n) is 5.25. The van der Waals surface area contributed by atoms with E-state index in [2.05, 4.69) is 20.5 Å². The smallest absolute Gasteiger partial charge is 0.213 e. The first-order valence-corrected chi connectivity index (χ1v) is 8.21. The van der Waals surface area contributed by atoms with Gasteiger partial charge in [0.15, 0.2) is 5.13 Å². The van der Waals surface area contributed by atoms with E-state index >= 15 is 0 Å². The molecule has 2 aromatic heterocycles. The van der Waals surface area contributed by atoms with E-state index < -0.39 is 5.82 Å². The van der Waals surface area contributed by atoms with Gasteiger partial charge in [0.1, 0.15) is 5.82 Å². The Morgan fingerprint density at radius 3 is 3.04 bits per heavy atom. The van der Waals surface area contributed by atoms with Crippen molar-refractivity contribution in [3.63, 3.8) is 0 Å². The van der Waals surface area contributed by atoms with Crippen LogP contribution in [-0.2, 0) is 4.79 Å². The molecule has 0 fully saturated rings. The van der Waals surface area contributed by atoms with Gasteiger partial charge in [0.05, 0.1) is 27.0 Å². The van der Waals surface area contributed by atoms with E-state index in [4.69, 9.17) is 11.6 Å². The minimum Gasteiger partial charge on any atom is -0.305 e. The molecule has 5 nitrogen and oxygen atoms in total. The topological polar surface area (TPSA) is 70.7 Å². The summed E-state index contributed by atoms with van der Waals surface area (Å²) in [6.07, 6.45) is 2.22. The Morgan fingerprint density at radius 1 is 1.42 bits per heavy atom. The summed E-state index contributed by atoms with van der Waals surface area (Å²) in [5.41, 5.74) is 3.16. The fourth-order valence-corrected chi connectivity index (χ4v) is 3.95. The van der Waals surface area contributed by atoms with Crippen molar-refractivity contribution in [3.05, 3.63) is 40.8 Å². The highest BCUT2D eigenvalue weighted by Gasteiger charge is 2.19. The quantitative estimate of drug-likeness (QED) is 0.528. The number of anilines is 1. The number of halogens is 2. The van der Waals surface area contributed by atoms with Gasteiger partial charge in [-0.3, -0.25) is 9.89 Å². The number of thiazole rings is 1. The highest BCUT2D eigenvalue weighted by atomic mass is 35.5. The fraction of sp³-hybridized carbons (Fsp3) is 0.0625. The Morgan fingerprint density at radius 2 is 2.25 bits per heavy atom. The van der Waals surface area contributed by atoms with Gasteiger partial charge in [-0.25, -0.2) is 9.37 Å². The number of carbonyl (C=O) groups excluding carboxylic acids is 1. The van der Waals surface area contributed by atoms with Gasteiger partial charge in [-0.15, -0.1) is 0 Å². The molecule has 4 aromatic rings. The van der Waals surface area contributed by atoms with Crippen LogP contribution in [0.25, 0.3) is 32.2 Å². The lowest BCUT2D eigenvalue weighted by molar-refractivity contribution is -0.105. The first-order valence-electron chi connectivity index (χ1n) is 7.02. The van der Waals surface area contributed by atoms with E-state index in [9.17, 15) is 9.18 Å². The van der Waals surface area contributed by atoms with Gasteiger partial charge in [0, 0.05) is 16.5 Å². The maximum Gasteiger partial charge on any atom is 0.213 e. The van der Waals surface area contributed by atoms with Crippen LogP contribution in [0, 0.1) is 12.7 Å². The molecule has 0 aliphatic carbocycles. The number of hydrogen-bond acceptors (Lipinski definition) is 4. The number of nitrogens with one attached hydrogen (secondary N) is 2. The summed E-state index contributed by atoms with van der Waals surface area (Å²) >= 11 is 7.63. The summed E-state index contributed by atoms with van der Waals surface area (Å²) in [5.74, 6) is -0.462. The molecule has 0 saturated heterocycles. The molecule has 120 valence electrons. The van der Waals surface area contributed by atoms with Gasteiger partial charge in [-0.05, 0) is 24.6 Å². The van der Waals surface area contributed by atoms with Crippen molar-refractivity contribution in [2.75, 3.05) is 5.32 Å². The number of hydrogen-bond donors (Lipinski definition) is 2. The molecule has 0 bridgehead atoms. The first-order chi connectivity index (χ1) is 11.6. The van der Waals surface area contributed by atoms with E-state index in [0.29, 0.717) is 28.2 Å². The lowest BCUT2D eigenvalue weighted by atomic mass is 9.99. The third-order valence-corrected chi connectivity index (χ3v) is 5.19. The average molecular weight is 361 g/mol.